The van der Waals surface area contributed by atoms with Gasteiger partial charge in [0.2, 0.25) is 0 Å². The molecular formula is C9H22N2O2. The molecule has 1 unspecified atom stereocenters. The highest BCUT2D eigenvalue weighted by molar-refractivity contribution is 4.61. The number of methoxy groups -OCH3 is 2. The number of ether oxygens (including phenoxy) is 2. The summed E-state index contributed by atoms with van der Waals surface area (Å²) >= 11 is 0. The average Bonchev–Trinajstić information content (AvgIpc) is 2.16. The van der Waals surface area contributed by atoms with E-state index in [4.69, 9.17) is 15.2 Å². The SMILES string of the molecule is COCCN(C)CCC(CN)OC. The normalized spacial score (nSPS) is 13.6. The first-order valence-corrected chi connectivity index (χ1v) is 4.65. The fourth-order valence-electron chi connectivity index (χ4n) is 1.06. The van der Waals surface area contributed by atoms with E-state index < -0.39 is 0 Å². The van der Waals surface area contributed by atoms with Gasteiger partial charge in [-0.25, -0.2) is 0 Å². The van der Waals surface area contributed by atoms with Gasteiger partial charge in [-0.2, -0.15) is 0 Å². The van der Waals surface area contributed by atoms with Crippen LogP contribution in [0, 0.1) is 0 Å². The molecule has 0 bridgehead atoms. The number of hydrogen-bond donors (Lipinski definition) is 1. The number of nitrogens with zero attached hydrogens (tertiary/aromatic N) is 1. The van der Waals surface area contributed by atoms with Crippen LogP contribution in [0.15, 0.2) is 0 Å². The van der Waals surface area contributed by atoms with Crippen molar-refractivity contribution >= 4 is 0 Å². The van der Waals surface area contributed by atoms with Crippen molar-refractivity contribution in [1.82, 2.24) is 4.90 Å². The molecule has 1 atom stereocenters. The molecule has 0 saturated carbocycles. The maximum atomic E-state index is 5.50. The van der Waals surface area contributed by atoms with E-state index in [1.54, 1.807) is 14.2 Å². The molecule has 0 aromatic heterocycles. The quantitative estimate of drug-likeness (QED) is 0.582. The number of hydrogen-bond acceptors (Lipinski definition) is 4. The fourth-order valence-corrected chi connectivity index (χ4v) is 1.06. The maximum absolute atomic E-state index is 5.50. The summed E-state index contributed by atoms with van der Waals surface area (Å²) in [5.41, 5.74) is 5.50. The predicted octanol–water partition coefficient (Wildman–Crippen LogP) is -0.0716. The Labute approximate surface area is 81.0 Å². The molecule has 0 aromatic carbocycles. The van der Waals surface area contributed by atoms with Crippen molar-refractivity contribution in [2.75, 3.05) is 47.5 Å². The van der Waals surface area contributed by atoms with Crippen LogP contribution < -0.4 is 5.73 Å². The smallest absolute Gasteiger partial charge is 0.0705 e. The summed E-state index contributed by atoms with van der Waals surface area (Å²) in [5, 5.41) is 0. The van der Waals surface area contributed by atoms with Crippen LogP contribution in [0.3, 0.4) is 0 Å². The first-order valence-electron chi connectivity index (χ1n) is 4.65. The van der Waals surface area contributed by atoms with Gasteiger partial charge < -0.3 is 20.1 Å². The van der Waals surface area contributed by atoms with E-state index >= 15 is 0 Å². The van der Waals surface area contributed by atoms with Crippen LogP contribution in [0.1, 0.15) is 6.42 Å². The van der Waals surface area contributed by atoms with Crippen LogP contribution in [0.2, 0.25) is 0 Å². The second-order valence-electron chi connectivity index (χ2n) is 3.18. The van der Waals surface area contributed by atoms with Gasteiger partial charge in [-0.15, -0.1) is 0 Å². The standard InChI is InChI=1S/C9H22N2O2/c1-11(6-7-12-2)5-4-9(8-10)13-3/h9H,4-8,10H2,1-3H3. The second kappa shape index (κ2) is 8.44. The van der Waals surface area contributed by atoms with Crippen LogP contribution in [-0.4, -0.2) is 58.5 Å². The first kappa shape index (κ1) is 12.8. The van der Waals surface area contributed by atoms with E-state index in [9.17, 15) is 0 Å². The average molecular weight is 190 g/mol. The molecule has 0 aliphatic rings. The Morgan fingerprint density at radius 1 is 1.31 bits per heavy atom. The van der Waals surface area contributed by atoms with Crippen molar-refractivity contribution in [1.29, 1.82) is 0 Å². The molecule has 0 fully saturated rings. The van der Waals surface area contributed by atoms with E-state index in [1.807, 2.05) is 0 Å². The molecule has 0 spiro atoms. The van der Waals surface area contributed by atoms with E-state index in [0.29, 0.717) is 6.54 Å². The first-order chi connectivity index (χ1) is 6.24. The minimum absolute atomic E-state index is 0.185. The number of likely N-dealkylation sites (N-methyl/N-ethyl adjacent to an activating group) is 1. The van der Waals surface area contributed by atoms with Crippen molar-refractivity contribution in [3.8, 4) is 0 Å². The van der Waals surface area contributed by atoms with Crippen molar-refractivity contribution in [3.05, 3.63) is 0 Å². The van der Waals surface area contributed by atoms with E-state index in [1.165, 1.54) is 0 Å². The maximum Gasteiger partial charge on any atom is 0.0705 e. The van der Waals surface area contributed by atoms with Gasteiger partial charge in [-0.1, -0.05) is 0 Å². The Bertz CT molecular complexity index is 108. The Kier molecular flexibility index (Phi) is 8.33. The van der Waals surface area contributed by atoms with Gasteiger partial charge in [-0.3, -0.25) is 0 Å². The monoisotopic (exact) mass is 190 g/mol. The largest absolute Gasteiger partial charge is 0.383 e. The Hall–Kier alpha value is -0.160. The predicted molar refractivity (Wildman–Crippen MR) is 53.8 cm³/mol. The highest BCUT2D eigenvalue weighted by Gasteiger charge is 2.05. The van der Waals surface area contributed by atoms with Crippen molar-refractivity contribution in [2.45, 2.75) is 12.5 Å². The number of nitrogens with two attached hydrogens (primary N) is 1. The van der Waals surface area contributed by atoms with Crippen LogP contribution >= 0.6 is 0 Å². The highest BCUT2D eigenvalue weighted by atomic mass is 16.5. The summed E-state index contributed by atoms with van der Waals surface area (Å²) in [7, 11) is 5.49. The van der Waals surface area contributed by atoms with Crippen LogP contribution in [0.4, 0.5) is 0 Å². The lowest BCUT2D eigenvalue weighted by Crippen LogP contribution is -2.30. The lowest BCUT2D eigenvalue weighted by Gasteiger charge is -2.19. The van der Waals surface area contributed by atoms with E-state index in [0.717, 1.165) is 26.1 Å². The summed E-state index contributed by atoms with van der Waals surface area (Å²) in [6, 6.07) is 0. The number of rotatable bonds is 8. The Balaban J connectivity index is 3.38. The molecule has 0 aromatic rings. The van der Waals surface area contributed by atoms with E-state index in [2.05, 4.69) is 11.9 Å². The lowest BCUT2D eigenvalue weighted by atomic mass is 10.2. The molecule has 80 valence electrons. The zero-order valence-electron chi connectivity index (χ0n) is 8.95. The molecule has 0 aliphatic heterocycles. The molecule has 2 N–H and O–H groups in total. The Morgan fingerprint density at radius 3 is 2.46 bits per heavy atom. The summed E-state index contributed by atoms with van der Waals surface area (Å²) in [4.78, 5) is 2.21. The third-order valence-electron chi connectivity index (χ3n) is 2.11. The van der Waals surface area contributed by atoms with Crippen molar-refractivity contribution in [2.24, 2.45) is 5.73 Å². The minimum Gasteiger partial charge on any atom is -0.383 e. The second-order valence-corrected chi connectivity index (χ2v) is 3.18. The van der Waals surface area contributed by atoms with Gasteiger partial charge in [0.05, 0.1) is 12.7 Å². The van der Waals surface area contributed by atoms with Crippen molar-refractivity contribution in [3.63, 3.8) is 0 Å². The van der Waals surface area contributed by atoms with Gasteiger partial charge in [0.15, 0.2) is 0 Å². The molecule has 0 heterocycles. The van der Waals surface area contributed by atoms with Crippen LogP contribution in [0.5, 0.6) is 0 Å². The van der Waals surface area contributed by atoms with Crippen LogP contribution in [-0.2, 0) is 9.47 Å². The third-order valence-corrected chi connectivity index (χ3v) is 2.11. The van der Waals surface area contributed by atoms with Crippen molar-refractivity contribution < 1.29 is 9.47 Å². The summed E-state index contributed by atoms with van der Waals surface area (Å²) < 4.78 is 10.1. The van der Waals surface area contributed by atoms with Gasteiger partial charge in [-0.05, 0) is 13.5 Å². The topological polar surface area (TPSA) is 47.7 Å². The Morgan fingerprint density at radius 2 is 2.00 bits per heavy atom. The van der Waals surface area contributed by atoms with Gasteiger partial charge in [0, 0.05) is 33.9 Å². The molecule has 13 heavy (non-hydrogen) atoms. The zero-order chi connectivity index (χ0) is 10.1. The molecule has 0 amide bonds. The fraction of sp³-hybridized carbons (Fsp3) is 1.00. The van der Waals surface area contributed by atoms with E-state index in [-0.39, 0.29) is 6.10 Å². The summed E-state index contributed by atoms with van der Waals surface area (Å²) in [6.45, 7) is 3.32. The molecule has 0 aliphatic carbocycles. The molecular weight excluding hydrogens is 168 g/mol. The minimum atomic E-state index is 0.185. The summed E-state index contributed by atoms with van der Waals surface area (Å²) in [5.74, 6) is 0. The molecule has 4 heteroatoms. The molecule has 0 saturated heterocycles. The zero-order valence-corrected chi connectivity index (χ0v) is 8.95. The van der Waals surface area contributed by atoms with Gasteiger partial charge >= 0.3 is 0 Å². The molecule has 0 rings (SSSR count). The van der Waals surface area contributed by atoms with Gasteiger partial charge in [0.25, 0.3) is 0 Å². The molecule has 4 nitrogen and oxygen atoms in total. The lowest BCUT2D eigenvalue weighted by molar-refractivity contribution is 0.0877. The van der Waals surface area contributed by atoms with Gasteiger partial charge in [0.1, 0.15) is 0 Å². The highest BCUT2D eigenvalue weighted by Crippen LogP contribution is 1.96. The molecule has 0 radical (unpaired) electrons. The van der Waals surface area contributed by atoms with Crippen LogP contribution in [0.25, 0.3) is 0 Å². The summed E-state index contributed by atoms with van der Waals surface area (Å²) in [6.07, 6.45) is 1.16. The third kappa shape index (κ3) is 6.95.